The largest absolute Gasteiger partial charge is 0.398 e. The van der Waals surface area contributed by atoms with E-state index >= 15 is 0 Å². The zero-order valence-corrected chi connectivity index (χ0v) is 20.6. The van der Waals surface area contributed by atoms with Crippen molar-refractivity contribution in [3.8, 4) is 0 Å². The van der Waals surface area contributed by atoms with E-state index in [0.29, 0.717) is 10.7 Å². The Hall–Kier alpha value is -2.73. The molecular formula is C14H16N8NaO7S2. The van der Waals surface area contributed by atoms with Gasteiger partial charge in [0.15, 0.2) is 16.7 Å². The smallest absolute Gasteiger partial charge is 0.339 e. The third-order valence-corrected chi connectivity index (χ3v) is 5.33. The van der Waals surface area contributed by atoms with Gasteiger partial charge in [-0.1, -0.05) is 10.3 Å². The van der Waals surface area contributed by atoms with Gasteiger partial charge in [-0.2, -0.15) is 8.42 Å². The van der Waals surface area contributed by atoms with Gasteiger partial charge in [0.1, 0.15) is 24.6 Å². The molecule has 1 aliphatic heterocycles. The fraction of sp³-hybridized carbons (Fsp3) is 0.286. The van der Waals surface area contributed by atoms with Gasteiger partial charge in [0, 0.05) is 41.0 Å². The van der Waals surface area contributed by atoms with Crippen LogP contribution in [0, 0.1) is 6.92 Å². The maximum absolute atomic E-state index is 12.4. The first-order chi connectivity index (χ1) is 14.6. The number of aromatic nitrogens is 2. The number of nitrogen functional groups attached to an aromatic ring is 1. The summed E-state index contributed by atoms with van der Waals surface area (Å²) < 4.78 is 32.3. The van der Waals surface area contributed by atoms with Crippen LogP contribution in [0.15, 0.2) is 21.1 Å². The van der Waals surface area contributed by atoms with Crippen LogP contribution in [0.4, 0.5) is 15.7 Å². The minimum atomic E-state index is -4.37. The van der Waals surface area contributed by atoms with E-state index in [4.69, 9.17) is 10.3 Å². The molecule has 2 aromatic rings. The number of hydrogen-bond acceptors (Lipinski definition) is 12. The number of nitrogens with two attached hydrogens (primary N) is 1. The van der Waals surface area contributed by atoms with E-state index in [1.807, 2.05) is 4.72 Å². The molecule has 2 aromatic heterocycles. The summed E-state index contributed by atoms with van der Waals surface area (Å²) in [6.07, 6.45) is 0. The second-order valence-corrected chi connectivity index (χ2v) is 8.31. The van der Waals surface area contributed by atoms with Crippen molar-refractivity contribution in [1.29, 1.82) is 0 Å². The predicted octanol–water partition coefficient (Wildman–Crippen LogP) is -1.62. The fourth-order valence-corrected chi connectivity index (χ4v) is 3.69. The Bertz CT molecular complexity index is 1160. The van der Waals surface area contributed by atoms with Crippen LogP contribution in [0.3, 0.4) is 0 Å². The number of carbonyl (C=O) groups excluding carboxylic acids is 3. The number of nitrogens with zero attached hydrogens (tertiary/aromatic N) is 4. The topological polar surface area (TPSA) is 211 Å². The third kappa shape index (κ3) is 5.94. The molecule has 15 nitrogen and oxygen atoms in total. The number of imide groups is 1. The van der Waals surface area contributed by atoms with Gasteiger partial charge in [-0.05, 0) is 6.92 Å². The van der Waals surface area contributed by atoms with Crippen LogP contribution < -0.4 is 20.5 Å². The maximum Gasteiger partial charge on any atom is 0.339 e. The molecule has 1 radical (unpaired) electrons. The number of likely N-dealkylation sites (tertiary alicyclic amines) is 1. The molecular weight excluding hydrogens is 479 g/mol. The Balaban J connectivity index is 0.00000363. The zero-order valence-electron chi connectivity index (χ0n) is 17.0. The molecule has 0 unspecified atom stereocenters. The molecule has 1 atom stereocenters. The van der Waals surface area contributed by atoms with E-state index in [0.717, 1.165) is 11.3 Å². The normalized spacial score (nSPS) is 15.9. The molecule has 0 bridgehead atoms. The van der Waals surface area contributed by atoms with Gasteiger partial charge in [0.2, 0.25) is 0 Å². The fourth-order valence-electron chi connectivity index (χ4n) is 2.38. The molecule has 0 aliphatic carbocycles. The average molecular weight is 495 g/mol. The van der Waals surface area contributed by atoms with Gasteiger partial charge in [0.05, 0.1) is 6.54 Å². The van der Waals surface area contributed by atoms with Crippen molar-refractivity contribution in [2.45, 2.75) is 13.0 Å². The quantitative estimate of drug-likeness (QED) is 0.149. The number of amides is 4. The van der Waals surface area contributed by atoms with E-state index in [9.17, 15) is 22.8 Å². The van der Waals surface area contributed by atoms with Crippen molar-refractivity contribution in [2.24, 2.45) is 5.16 Å². The maximum atomic E-state index is 12.4. The SMILES string of the molecule is CO/N=C(\C(=O)N[C@H]1CN(C(=O)NS(=O)(=O)Nc2cc(C)on2)C1=O)c1csc(N)n1.[Na]. The monoisotopic (exact) mass is 495 g/mol. The summed E-state index contributed by atoms with van der Waals surface area (Å²) >= 11 is 1.08. The molecule has 32 heavy (non-hydrogen) atoms. The number of urea groups is 1. The summed E-state index contributed by atoms with van der Waals surface area (Å²) in [4.78, 5) is 45.9. The summed E-state index contributed by atoms with van der Waals surface area (Å²) in [5.41, 5.74) is 5.46. The van der Waals surface area contributed by atoms with Crippen LogP contribution in [0.1, 0.15) is 11.5 Å². The number of hydrogen-bond donors (Lipinski definition) is 4. The molecule has 0 spiro atoms. The predicted molar refractivity (Wildman–Crippen MR) is 112 cm³/mol. The van der Waals surface area contributed by atoms with Gasteiger partial charge in [-0.15, -0.1) is 11.3 Å². The number of oxime groups is 1. The third-order valence-electron chi connectivity index (χ3n) is 3.73. The first-order valence-corrected chi connectivity index (χ1v) is 10.7. The molecule has 1 aliphatic rings. The first kappa shape index (κ1) is 25.5. The second kappa shape index (κ2) is 10.3. The van der Waals surface area contributed by atoms with Crippen LogP contribution in [0.5, 0.6) is 0 Å². The van der Waals surface area contributed by atoms with Gasteiger partial charge < -0.3 is 20.4 Å². The standard InChI is InChI=1S/C14H16N8O7S2.Na/c1-6-3-9(18-29-6)20-31(26,27)21-14(25)22-4-7(12(22)24)16-11(23)10(19-28-2)8-5-30-13(15)17-8;/h3,5,7H,4H2,1-2H3,(H2,15,17)(H,16,23)(H,18,20)(H,21,25);/b19-10-;/t7-;/m0./s1. The van der Waals surface area contributed by atoms with E-state index in [2.05, 4.69) is 25.5 Å². The Morgan fingerprint density at radius 2 is 2.16 bits per heavy atom. The van der Waals surface area contributed by atoms with Crippen molar-refractivity contribution in [1.82, 2.24) is 25.1 Å². The summed E-state index contributed by atoms with van der Waals surface area (Å²) in [5.74, 6) is -1.42. The number of rotatable bonds is 7. The van der Waals surface area contributed by atoms with Crippen LogP contribution in [-0.4, -0.2) is 96.3 Å². The van der Waals surface area contributed by atoms with Gasteiger partial charge >= 0.3 is 16.2 Å². The second-order valence-electron chi connectivity index (χ2n) is 6.00. The molecule has 3 heterocycles. The van der Waals surface area contributed by atoms with Crippen LogP contribution in [-0.2, 0) is 24.6 Å². The summed E-state index contributed by atoms with van der Waals surface area (Å²) in [6.45, 7) is 1.27. The van der Waals surface area contributed by atoms with Crippen molar-refractivity contribution in [3.05, 3.63) is 22.9 Å². The van der Waals surface area contributed by atoms with Crippen molar-refractivity contribution < 1.29 is 32.2 Å². The van der Waals surface area contributed by atoms with Crippen molar-refractivity contribution >= 4 is 85.6 Å². The number of nitrogens with one attached hydrogen (secondary N) is 3. The van der Waals surface area contributed by atoms with E-state index in [1.54, 1.807) is 11.6 Å². The molecule has 1 fully saturated rings. The van der Waals surface area contributed by atoms with Gasteiger partial charge in [0.25, 0.3) is 11.8 Å². The Morgan fingerprint density at radius 1 is 1.44 bits per heavy atom. The number of anilines is 2. The van der Waals surface area contributed by atoms with E-state index in [1.165, 1.54) is 18.6 Å². The molecule has 167 valence electrons. The minimum Gasteiger partial charge on any atom is -0.398 e. The number of carbonyl (C=O) groups is 3. The van der Waals surface area contributed by atoms with Crippen LogP contribution in [0.25, 0.3) is 0 Å². The van der Waals surface area contributed by atoms with Crippen molar-refractivity contribution in [2.75, 3.05) is 24.1 Å². The van der Waals surface area contributed by atoms with Crippen LogP contribution >= 0.6 is 11.3 Å². The van der Waals surface area contributed by atoms with E-state index < -0.39 is 34.1 Å². The van der Waals surface area contributed by atoms with Gasteiger partial charge in [-0.3, -0.25) is 14.5 Å². The number of thiazole rings is 1. The summed E-state index contributed by atoms with van der Waals surface area (Å²) in [7, 11) is -3.15. The zero-order chi connectivity index (χ0) is 22.8. The molecule has 3 rings (SSSR count). The average Bonchev–Trinajstić information content (AvgIpc) is 3.29. The Kier molecular flexibility index (Phi) is 8.18. The first-order valence-electron chi connectivity index (χ1n) is 8.32. The van der Waals surface area contributed by atoms with Crippen LogP contribution in [0.2, 0.25) is 0 Å². The van der Waals surface area contributed by atoms with E-state index in [-0.39, 0.29) is 58.5 Å². The summed E-state index contributed by atoms with van der Waals surface area (Å²) in [5, 5.41) is 11.0. The molecule has 5 N–H and O–H groups in total. The Labute approximate surface area is 207 Å². The molecule has 18 heteroatoms. The summed E-state index contributed by atoms with van der Waals surface area (Å²) in [6, 6.07) is -0.995. The van der Waals surface area contributed by atoms with Gasteiger partial charge in [-0.25, -0.2) is 19.2 Å². The Morgan fingerprint density at radius 3 is 2.69 bits per heavy atom. The number of aryl methyl sites for hydroxylation is 1. The number of β-lactam (4-membered cyclic amide) rings is 1. The molecule has 0 aromatic carbocycles. The molecule has 1 saturated heterocycles. The molecule has 4 amide bonds. The van der Waals surface area contributed by atoms with Crippen molar-refractivity contribution in [3.63, 3.8) is 0 Å². The minimum absolute atomic E-state index is 0. The molecule has 0 saturated carbocycles.